The van der Waals surface area contributed by atoms with E-state index in [4.69, 9.17) is 5.73 Å². The second kappa shape index (κ2) is 4.52. The minimum atomic E-state index is 0.452. The minimum absolute atomic E-state index is 0.452. The topological polar surface area (TPSA) is 26.0 Å². The van der Waals surface area contributed by atoms with Crippen LogP contribution >= 0.6 is 11.8 Å². The fraction of sp³-hybridized carbons (Fsp3) is 1.00. The van der Waals surface area contributed by atoms with Gasteiger partial charge in [0.1, 0.15) is 0 Å². The molecule has 1 rings (SSSR count). The molecule has 12 heavy (non-hydrogen) atoms. The van der Waals surface area contributed by atoms with Gasteiger partial charge in [0.2, 0.25) is 0 Å². The maximum absolute atomic E-state index is 6.07. The summed E-state index contributed by atoms with van der Waals surface area (Å²) in [5.74, 6) is 0.890. The van der Waals surface area contributed by atoms with Crippen LogP contribution in [0.25, 0.3) is 0 Å². The van der Waals surface area contributed by atoms with Gasteiger partial charge in [0.15, 0.2) is 0 Å². The number of thioether (sulfide) groups is 1. The van der Waals surface area contributed by atoms with E-state index in [1.165, 1.54) is 19.3 Å². The highest BCUT2D eigenvalue weighted by molar-refractivity contribution is 8.00. The summed E-state index contributed by atoms with van der Waals surface area (Å²) in [6, 6.07) is 0.452. The summed E-state index contributed by atoms with van der Waals surface area (Å²) in [4.78, 5) is 0. The lowest BCUT2D eigenvalue weighted by Gasteiger charge is -2.33. The Balaban J connectivity index is 2.38. The zero-order valence-electron chi connectivity index (χ0n) is 8.42. The van der Waals surface area contributed by atoms with Gasteiger partial charge in [-0.1, -0.05) is 20.8 Å². The van der Waals surface area contributed by atoms with Gasteiger partial charge < -0.3 is 5.73 Å². The zero-order valence-corrected chi connectivity index (χ0v) is 9.23. The molecule has 1 aliphatic carbocycles. The molecule has 3 unspecified atom stereocenters. The monoisotopic (exact) mass is 187 g/mol. The summed E-state index contributed by atoms with van der Waals surface area (Å²) in [5, 5.41) is 1.44. The van der Waals surface area contributed by atoms with Gasteiger partial charge in [-0.05, 0) is 30.4 Å². The van der Waals surface area contributed by atoms with Crippen molar-refractivity contribution in [3.63, 3.8) is 0 Å². The molecule has 0 saturated heterocycles. The van der Waals surface area contributed by atoms with Crippen molar-refractivity contribution >= 4 is 11.8 Å². The first-order chi connectivity index (χ1) is 5.59. The Morgan fingerprint density at radius 1 is 1.33 bits per heavy atom. The molecule has 0 amide bonds. The maximum Gasteiger partial charge on any atom is 0.0204 e. The van der Waals surface area contributed by atoms with Crippen LogP contribution in [0.4, 0.5) is 0 Å². The Bertz CT molecular complexity index is 134. The molecule has 2 N–H and O–H groups in total. The average molecular weight is 187 g/mol. The van der Waals surface area contributed by atoms with Gasteiger partial charge in [-0.2, -0.15) is 11.8 Å². The molecule has 2 heteroatoms. The Morgan fingerprint density at radius 2 is 2.00 bits per heavy atom. The molecular weight excluding hydrogens is 166 g/mol. The Labute approximate surface area is 80.5 Å². The van der Waals surface area contributed by atoms with Crippen LogP contribution in [0, 0.1) is 5.92 Å². The fourth-order valence-corrected chi connectivity index (χ4v) is 3.33. The Kier molecular flexibility index (Phi) is 3.91. The van der Waals surface area contributed by atoms with E-state index in [0.29, 0.717) is 11.3 Å². The van der Waals surface area contributed by atoms with Crippen molar-refractivity contribution in [3.8, 4) is 0 Å². The molecular formula is C10H21NS. The van der Waals surface area contributed by atoms with Crippen LogP contribution in [0.15, 0.2) is 0 Å². The number of hydrogen-bond acceptors (Lipinski definition) is 2. The Hall–Kier alpha value is 0.310. The predicted octanol–water partition coefficient (Wildman–Crippen LogP) is 2.64. The third kappa shape index (κ3) is 2.98. The lowest BCUT2D eigenvalue weighted by Crippen LogP contribution is -2.38. The molecule has 1 nitrogen and oxygen atoms in total. The molecule has 0 aromatic heterocycles. The van der Waals surface area contributed by atoms with Crippen molar-refractivity contribution in [2.75, 3.05) is 0 Å². The van der Waals surface area contributed by atoms with Crippen molar-refractivity contribution in [2.45, 2.75) is 56.6 Å². The molecule has 0 spiro atoms. The minimum Gasteiger partial charge on any atom is -0.327 e. The first-order valence-electron chi connectivity index (χ1n) is 5.00. The number of hydrogen-bond donors (Lipinski definition) is 1. The van der Waals surface area contributed by atoms with E-state index >= 15 is 0 Å². The van der Waals surface area contributed by atoms with Crippen molar-refractivity contribution in [1.29, 1.82) is 0 Å². The number of rotatable bonds is 2. The lowest BCUT2D eigenvalue weighted by atomic mass is 9.87. The SMILES string of the molecule is CC1CCC(N)C(SC(C)C)C1. The van der Waals surface area contributed by atoms with Gasteiger partial charge in [0, 0.05) is 11.3 Å². The standard InChI is InChI=1S/C10H21NS/c1-7(2)12-10-6-8(3)4-5-9(10)11/h7-10H,4-6,11H2,1-3H3. The highest BCUT2D eigenvalue weighted by Crippen LogP contribution is 2.33. The molecule has 0 aromatic rings. The quantitative estimate of drug-likeness (QED) is 0.719. The maximum atomic E-state index is 6.07. The van der Waals surface area contributed by atoms with Crippen LogP contribution in [-0.4, -0.2) is 16.5 Å². The molecule has 1 fully saturated rings. The van der Waals surface area contributed by atoms with E-state index in [-0.39, 0.29) is 0 Å². The predicted molar refractivity (Wildman–Crippen MR) is 57.5 cm³/mol. The van der Waals surface area contributed by atoms with Gasteiger partial charge >= 0.3 is 0 Å². The van der Waals surface area contributed by atoms with Gasteiger partial charge in [0.25, 0.3) is 0 Å². The van der Waals surface area contributed by atoms with E-state index in [9.17, 15) is 0 Å². The number of nitrogens with two attached hydrogens (primary N) is 1. The summed E-state index contributed by atoms with van der Waals surface area (Å²) >= 11 is 2.06. The zero-order chi connectivity index (χ0) is 9.14. The van der Waals surface area contributed by atoms with Gasteiger partial charge in [-0.25, -0.2) is 0 Å². The van der Waals surface area contributed by atoms with Crippen LogP contribution < -0.4 is 5.73 Å². The van der Waals surface area contributed by atoms with Crippen LogP contribution in [-0.2, 0) is 0 Å². The van der Waals surface area contributed by atoms with Gasteiger partial charge in [0.05, 0.1) is 0 Å². The molecule has 0 aliphatic heterocycles. The van der Waals surface area contributed by atoms with Gasteiger partial charge in [-0.15, -0.1) is 0 Å². The van der Waals surface area contributed by atoms with Crippen LogP contribution in [0.2, 0.25) is 0 Å². The fourth-order valence-electron chi connectivity index (χ4n) is 1.86. The average Bonchev–Trinajstić information content (AvgIpc) is 1.96. The van der Waals surface area contributed by atoms with E-state index in [2.05, 4.69) is 32.5 Å². The molecule has 0 radical (unpaired) electrons. The molecule has 0 aromatic carbocycles. The molecule has 3 atom stereocenters. The highest BCUT2D eigenvalue weighted by Gasteiger charge is 2.26. The first-order valence-corrected chi connectivity index (χ1v) is 5.95. The molecule has 0 heterocycles. The van der Waals surface area contributed by atoms with E-state index < -0.39 is 0 Å². The van der Waals surface area contributed by atoms with Crippen LogP contribution in [0.5, 0.6) is 0 Å². The smallest absolute Gasteiger partial charge is 0.0204 e. The third-order valence-corrected chi connectivity index (χ3v) is 3.99. The van der Waals surface area contributed by atoms with E-state index in [1.54, 1.807) is 0 Å². The summed E-state index contributed by atoms with van der Waals surface area (Å²) in [7, 11) is 0. The third-order valence-electron chi connectivity index (χ3n) is 2.55. The lowest BCUT2D eigenvalue weighted by molar-refractivity contribution is 0.357. The normalized spacial score (nSPS) is 37.2. The molecule has 72 valence electrons. The van der Waals surface area contributed by atoms with Crippen molar-refractivity contribution in [2.24, 2.45) is 11.7 Å². The van der Waals surface area contributed by atoms with E-state index in [0.717, 1.165) is 11.2 Å². The summed E-state index contributed by atoms with van der Waals surface area (Å²) < 4.78 is 0. The van der Waals surface area contributed by atoms with Crippen molar-refractivity contribution in [1.82, 2.24) is 0 Å². The van der Waals surface area contributed by atoms with Crippen molar-refractivity contribution < 1.29 is 0 Å². The second-order valence-electron chi connectivity index (χ2n) is 4.31. The first kappa shape index (κ1) is 10.4. The van der Waals surface area contributed by atoms with E-state index in [1.807, 2.05) is 0 Å². The van der Waals surface area contributed by atoms with Gasteiger partial charge in [-0.3, -0.25) is 0 Å². The second-order valence-corrected chi connectivity index (χ2v) is 6.13. The van der Waals surface area contributed by atoms with Crippen molar-refractivity contribution in [3.05, 3.63) is 0 Å². The highest BCUT2D eigenvalue weighted by atomic mass is 32.2. The molecule has 1 aliphatic rings. The van der Waals surface area contributed by atoms with Crippen LogP contribution in [0.1, 0.15) is 40.0 Å². The molecule has 0 bridgehead atoms. The molecule has 1 saturated carbocycles. The largest absolute Gasteiger partial charge is 0.327 e. The summed E-state index contributed by atoms with van der Waals surface area (Å²) in [5.41, 5.74) is 6.07. The Morgan fingerprint density at radius 3 is 2.58 bits per heavy atom. The van der Waals surface area contributed by atoms with Crippen LogP contribution in [0.3, 0.4) is 0 Å². The summed E-state index contributed by atoms with van der Waals surface area (Å²) in [6.45, 7) is 6.87. The summed E-state index contributed by atoms with van der Waals surface area (Å²) in [6.07, 6.45) is 3.88.